The van der Waals surface area contributed by atoms with Gasteiger partial charge in [0.1, 0.15) is 33.6 Å². The Morgan fingerprint density at radius 3 is 2.41 bits per heavy atom. The van der Waals surface area contributed by atoms with Crippen LogP contribution in [-0.4, -0.2) is 9.97 Å². The van der Waals surface area contributed by atoms with Crippen LogP contribution in [0.25, 0.3) is 0 Å². The highest BCUT2D eigenvalue weighted by Gasteiger charge is 2.09. The Kier molecular flexibility index (Phi) is 3.33. The summed E-state index contributed by atoms with van der Waals surface area (Å²) in [6, 6.07) is 5.19. The maximum absolute atomic E-state index is 13.4. The predicted molar refractivity (Wildman–Crippen MR) is 64.1 cm³/mol. The molecule has 1 aromatic heterocycles. The quantitative estimate of drug-likeness (QED) is 0.862. The van der Waals surface area contributed by atoms with Gasteiger partial charge in [-0.2, -0.15) is 0 Å². The highest BCUT2D eigenvalue weighted by molar-refractivity contribution is 9.10. The lowest BCUT2D eigenvalue weighted by Gasteiger charge is -2.08. The van der Waals surface area contributed by atoms with Gasteiger partial charge in [0.25, 0.3) is 0 Å². The first kappa shape index (κ1) is 11.9. The van der Waals surface area contributed by atoms with Gasteiger partial charge in [-0.05, 0) is 35.0 Å². The summed E-state index contributed by atoms with van der Waals surface area (Å²) in [5, 5.41) is 2.59. The van der Waals surface area contributed by atoms with E-state index in [1.165, 1.54) is 18.2 Å². The number of aryl methyl sites for hydroxylation is 1. The first-order valence-electron chi connectivity index (χ1n) is 4.78. The lowest BCUT2D eigenvalue weighted by molar-refractivity contribution is 0.590. The van der Waals surface area contributed by atoms with Crippen LogP contribution in [0.1, 0.15) is 5.82 Å². The Labute approximate surface area is 105 Å². The van der Waals surface area contributed by atoms with E-state index in [2.05, 4.69) is 31.2 Å². The van der Waals surface area contributed by atoms with Crippen molar-refractivity contribution < 1.29 is 8.78 Å². The van der Waals surface area contributed by atoms with Crippen molar-refractivity contribution in [2.75, 3.05) is 5.32 Å². The summed E-state index contributed by atoms with van der Waals surface area (Å²) < 4.78 is 27.3. The van der Waals surface area contributed by atoms with Crippen molar-refractivity contribution in [1.82, 2.24) is 9.97 Å². The third-order valence-corrected chi connectivity index (χ3v) is 2.43. The maximum Gasteiger partial charge on any atom is 0.149 e. The van der Waals surface area contributed by atoms with Crippen molar-refractivity contribution in [3.8, 4) is 0 Å². The third-order valence-electron chi connectivity index (χ3n) is 2.02. The van der Waals surface area contributed by atoms with Gasteiger partial charge in [0.15, 0.2) is 0 Å². The summed E-state index contributed by atoms with van der Waals surface area (Å²) in [7, 11) is 0. The molecule has 88 valence electrons. The molecule has 0 spiro atoms. The van der Waals surface area contributed by atoms with Gasteiger partial charge in [0, 0.05) is 6.07 Å². The minimum atomic E-state index is -0.669. The molecule has 2 aromatic rings. The molecule has 0 saturated carbocycles. The zero-order chi connectivity index (χ0) is 12.4. The van der Waals surface area contributed by atoms with E-state index in [1.54, 1.807) is 13.0 Å². The number of hydrogen-bond donors (Lipinski definition) is 1. The summed E-state index contributed by atoms with van der Waals surface area (Å²) in [6.07, 6.45) is 0. The molecular formula is C11H8BrF2N3. The molecule has 1 heterocycles. The van der Waals surface area contributed by atoms with Crippen molar-refractivity contribution in [2.24, 2.45) is 0 Å². The van der Waals surface area contributed by atoms with E-state index in [0.29, 0.717) is 16.2 Å². The molecule has 0 aliphatic heterocycles. The van der Waals surface area contributed by atoms with Gasteiger partial charge in [-0.1, -0.05) is 6.07 Å². The standard InChI is InChI=1S/C11H8BrF2N3/c1-6-15-9(12)5-10(16-6)17-11-7(13)3-2-4-8(11)14/h2-5H,1H3,(H,15,16,17). The molecule has 0 saturated heterocycles. The second kappa shape index (κ2) is 4.75. The summed E-state index contributed by atoms with van der Waals surface area (Å²) in [4.78, 5) is 8.02. The number of para-hydroxylation sites is 1. The fourth-order valence-corrected chi connectivity index (χ4v) is 1.81. The smallest absolute Gasteiger partial charge is 0.149 e. The largest absolute Gasteiger partial charge is 0.335 e. The summed E-state index contributed by atoms with van der Waals surface area (Å²) in [5.41, 5.74) is -0.225. The summed E-state index contributed by atoms with van der Waals surface area (Å²) in [5.74, 6) is -0.512. The molecule has 1 N–H and O–H groups in total. The predicted octanol–water partition coefficient (Wildman–Crippen LogP) is 3.57. The Morgan fingerprint density at radius 1 is 1.18 bits per heavy atom. The van der Waals surface area contributed by atoms with Crippen LogP contribution in [0.15, 0.2) is 28.9 Å². The van der Waals surface area contributed by atoms with E-state index >= 15 is 0 Å². The van der Waals surface area contributed by atoms with Crippen LogP contribution in [-0.2, 0) is 0 Å². The van der Waals surface area contributed by atoms with Crippen LogP contribution in [0.5, 0.6) is 0 Å². The van der Waals surface area contributed by atoms with E-state index < -0.39 is 11.6 Å². The fraction of sp³-hybridized carbons (Fsp3) is 0.0909. The second-order valence-electron chi connectivity index (χ2n) is 3.34. The van der Waals surface area contributed by atoms with Gasteiger partial charge >= 0.3 is 0 Å². The Morgan fingerprint density at radius 2 is 1.82 bits per heavy atom. The molecule has 0 radical (unpaired) electrons. The molecular weight excluding hydrogens is 292 g/mol. The minimum absolute atomic E-state index is 0.225. The molecule has 3 nitrogen and oxygen atoms in total. The van der Waals surface area contributed by atoms with Crippen molar-refractivity contribution in [2.45, 2.75) is 6.92 Å². The average molecular weight is 300 g/mol. The van der Waals surface area contributed by atoms with Crippen LogP contribution in [0.3, 0.4) is 0 Å². The van der Waals surface area contributed by atoms with Gasteiger partial charge < -0.3 is 5.32 Å². The molecule has 0 atom stereocenters. The zero-order valence-electron chi connectivity index (χ0n) is 8.84. The Bertz CT molecular complexity index is 520. The number of hydrogen-bond acceptors (Lipinski definition) is 3. The van der Waals surface area contributed by atoms with E-state index in [9.17, 15) is 8.78 Å². The lowest BCUT2D eigenvalue weighted by Crippen LogP contribution is -2.01. The minimum Gasteiger partial charge on any atom is -0.335 e. The number of aromatic nitrogens is 2. The van der Waals surface area contributed by atoms with Crippen molar-refractivity contribution in [3.63, 3.8) is 0 Å². The van der Waals surface area contributed by atoms with Crippen LogP contribution in [0, 0.1) is 18.6 Å². The van der Waals surface area contributed by atoms with E-state index in [0.717, 1.165) is 0 Å². The van der Waals surface area contributed by atoms with Gasteiger partial charge in [0.05, 0.1) is 0 Å². The molecule has 0 bridgehead atoms. The Hall–Kier alpha value is -1.56. The van der Waals surface area contributed by atoms with Gasteiger partial charge in [0.2, 0.25) is 0 Å². The van der Waals surface area contributed by atoms with Crippen LogP contribution < -0.4 is 5.32 Å². The van der Waals surface area contributed by atoms with E-state index in [-0.39, 0.29) is 5.69 Å². The van der Waals surface area contributed by atoms with Crippen LogP contribution in [0.4, 0.5) is 20.3 Å². The third kappa shape index (κ3) is 2.76. The van der Waals surface area contributed by atoms with E-state index in [1.807, 2.05) is 0 Å². The monoisotopic (exact) mass is 299 g/mol. The normalized spacial score (nSPS) is 10.4. The first-order chi connectivity index (χ1) is 8.06. The molecule has 2 rings (SSSR count). The molecule has 0 fully saturated rings. The number of nitrogens with one attached hydrogen (secondary N) is 1. The molecule has 0 aliphatic rings. The number of anilines is 2. The summed E-state index contributed by atoms with van der Waals surface area (Å²) >= 11 is 3.18. The number of halogens is 3. The van der Waals surface area contributed by atoms with Crippen molar-refractivity contribution >= 4 is 27.4 Å². The number of nitrogens with zero attached hydrogens (tertiary/aromatic N) is 2. The van der Waals surface area contributed by atoms with Crippen molar-refractivity contribution in [3.05, 3.63) is 46.3 Å². The average Bonchev–Trinajstić information content (AvgIpc) is 2.22. The van der Waals surface area contributed by atoms with Crippen LogP contribution in [0.2, 0.25) is 0 Å². The molecule has 0 amide bonds. The molecule has 6 heteroatoms. The van der Waals surface area contributed by atoms with Gasteiger partial charge in [-0.25, -0.2) is 18.7 Å². The molecule has 1 aromatic carbocycles. The SMILES string of the molecule is Cc1nc(Br)cc(Nc2c(F)cccc2F)n1. The molecule has 0 aliphatic carbocycles. The second-order valence-corrected chi connectivity index (χ2v) is 4.16. The van der Waals surface area contributed by atoms with Gasteiger partial charge in [-0.3, -0.25) is 0 Å². The lowest BCUT2D eigenvalue weighted by atomic mass is 10.3. The number of rotatable bonds is 2. The zero-order valence-corrected chi connectivity index (χ0v) is 10.4. The summed E-state index contributed by atoms with van der Waals surface area (Å²) in [6.45, 7) is 1.69. The first-order valence-corrected chi connectivity index (χ1v) is 5.58. The van der Waals surface area contributed by atoms with Gasteiger partial charge in [-0.15, -0.1) is 0 Å². The van der Waals surface area contributed by atoms with E-state index in [4.69, 9.17) is 0 Å². The topological polar surface area (TPSA) is 37.8 Å². The molecule has 0 unspecified atom stereocenters. The number of benzene rings is 1. The van der Waals surface area contributed by atoms with Crippen LogP contribution >= 0.6 is 15.9 Å². The molecule has 17 heavy (non-hydrogen) atoms. The maximum atomic E-state index is 13.4. The fourth-order valence-electron chi connectivity index (χ4n) is 1.34. The Balaban J connectivity index is 2.38. The van der Waals surface area contributed by atoms with Crippen molar-refractivity contribution in [1.29, 1.82) is 0 Å². The highest BCUT2D eigenvalue weighted by Crippen LogP contribution is 2.23. The highest BCUT2D eigenvalue weighted by atomic mass is 79.9.